The number of carboxylic acids is 1. The summed E-state index contributed by atoms with van der Waals surface area (Å²) in [5.41, 5.74) is 1.41. The van der Waals surface area contributed by atoms with Crippen LogP contribution in [0.2, 0.25) is 0 Å². The molecule has 0 radical (unpaired) electrons. The molecule has 3 unspecified atom stereocenters. The van der Waals surface area contributed by atoms with Crippen molar-refractivity contribution in [2.24, 2.45) is 0 Å². The SMILES string of the molecule is CC1CCC(C(=O)N2CC(C(=O)O)c3ccccc32)O1. The first-order valence-corrected chi connectivity index (χ1v) is 6.86. The second-order valence-electron chi connectivity index (χ2n) is 5.41. The average molecular weight is 275 g/mol. The van der Waals surface area contributed by atoms with Crippen molar-refractivity contribution < 1.29 is 19.4 Å². The Kier molecular flexibility index (Phi) is 3.22. The molecule has 0 aromatic heterocycles. The lowest BCUT2D eigenvalue weighted by atomic mass is 10.0. The van der Waals surface area contributed by atoms with Crippen molar-refractivity contribution in [1.82, 2.24) is 0 Å². The van der Waals surface area contributed by atoms with Gasteiger partial charge in [0.15, 0.2) is 0 Å². The maximum Gasteiger partial charge on any atom is 0.312 e. The number of carboxylic acid groups (broad SMARTS) is 1. The van der Waals surface area contributed by atoms with Crippen molar-refractivity contribution >= 4 is 17.6 Å². The third-order valence-corrected chi connectivity index (χ3v) is 4.04. The Morgan fingerprint density at radius 3 is 2.70 bits per heavy atom. The van der Waals surface area contributed by atoms with E-state index in [1.54, 1.807) is 23.1 Å². The van der Waals surface area contributed by atoms with E-state index in [0.29, 0.717) is 17.7 Å². The van der Waals surface area contributed by atoms with E-state index in [4.69, 9.17) is 4.74 Å². The van der Waals surface area contributed by atoms with E-state index in [9.17, 15) is 14.7 Å². The molecular formula is C15H17NO4. The van der Waals surface area contributed by atoms with Crippen molar-refractivity contribution in [3.05, 3.63) is 29.8 Å². The molecule has 1 N–H and O–H groups in total. The molecule has 106 valence electrons. The number of hydrogen-bond donors (Lipinski definition) is 1. The number of hydrogen-bond acceptors (Lipinski definition) is 3. The van der Waals surface area contributed by atoms with E-state index in [1.807, 2.05) is 13.0 Å². The van der Waals surface area contributed by atoms with Gasteiger partial charge in [0.25, 0.3) is 5.91 Å². The van der Waals surface area contributed by atoms with E-state index >= 15 is 0 Å². The maximum absolute atomic E-state index is 12.5. The summed E-state index contributed by atoms with van der Waals surface area (Å²) in [5, 5.41) is 9.30. The Morgan fingerprint density at radius 2 is 2.05 bits per heavy atom. The molecular weight excluding hydrogens is 258 g/mol. The largest absolute Gasteiger partial charge is 0.481 e. The smallest absolute Gasteiger partial charge is 0.312 e. The molecule has 1 aromatic rings. The summed E-state index contributed by atoms with van der Waals surface area (Å²) < 4.78 is 5.61. The predicted molar refractivity (Wildman–Crippen MR) is 72.7 cm³/mol. The number of carbonyl (C=O) groups is 2. The van der Waals surface area contributed by atoms with Gasteiger partial charge in [-0.1, -0.05) is 18.2 Å². The van der Waals surface area contributed by atoms with Gasteiger partial charge in [0.2, 0.25) is 0 Å². The van der Waals surface area contributed by atoms with E-state index < -0.39 is 18.0 Å². The second-order valence-corrected chi connectivity index (χ2v) is 5.41. The van der Waals surface area contributed by atoms with Crippen LogP contribution in [0.25, 0.3) is 0 Å². The highest BCUT2D eigenvalue weighted by Crippen LogP contribution is 2.37. The van der Waals surface area contributed by atoms with Gasteiger partial charge in [0.05, 0.1) is 6.10 Å². The highest BCUT2D eigenvalue weighted by Gasteiger charge is 2.40. The second kappa shape index (κ2) is 4.90. The number of benzene rings is 1. The Labute approximate surface area is 117 Å². The molecule has 1 amide bonds. The van der Waals surface area contributed by atoms with E-state index in [1.165, 1.54) is 0 Å². The quantitative estimate of drug-likeness (QED) is 0.893. The van der Waals surface area contributed by atoms with Crippen LogP contribution in [0.4, 0.5) is 5.69 Å². The number of aliphatic carboxylic acids is 1. The van der Waals surface area contributed by atoms with Crippen LogP contribution in [0, 0.1) is 0 Å². The predicted octanol–water partition coefficient (Wildman–Crippen LogP) is 1.77. The lowest BCUT2D eigenvalue weighted by molar-refractivity contribution is -0.138. The highest BCUT2D eigenvalue weighted by atomic mass is 16.5. The van der Waals surface area contributed by atoms with E-state index in [-0.39, 0.29) is 18.6 Å². The maximum atomic E-state index is 12.5. The van der Waals surface area contributed by atoms with Gasteiger partial charge in [-0.2, -0.15) is 0 Å². The lowest BCUT2D eigenvalue weighted by Gasteiger charge is -2.21. The van der Waals surface area contributed by atoms with Gasteiger partial charge in [-0.3, -0.25) is 9.59 Å². The first kappa shape index (κ1) is 13.1. The Bertz CT molecular complexity index is 557. The van der Waals surface area contributed by atoms with Crippen molar-refractivity contribution in [2.75, 3.05) is 11.4 Å². The number of carbonyl (C=O) groups excluding carboxylic acids is 1. The normalized spacial score (nSPS) is 28.4. The minimum absolute atomic E-state index is 0.0945. The Hall–Kier alpha value is -1.88. The fourth-order valence-corrected chi connectivity index (χ4v) is 2.99. The molecule has 1 saturated heterocycles. The number of anilines is 1. The zero-order chi connectivity index (χ0) is 14.3. The molecule has 0 aliphatic carbocycles. The standard InChI is InChI=1S/C15H17NO4/c1-9-6-7-13(20-9)14(17)16-8-11(15(18)19)10-4-2-3-5-12(10)16/h2-5,9,11,13H,6-8H2,1H3,(H,18,19). The highest BCUT2D eigenvalue weighted by molar-refractivity contribution is 6.01. The van der Waals surface area contributed by atoms with Crippen molar-refractivity contribution in [3.63, 3.8) is 0 Å². The van der Waals surface area contributed by atoms with Gasteiger partial charge < -0.3 is 14.7 Å². The summed E-state index contributed by atoms with van der Waals surface area (Å²) in [4.78, 5) is 25.4. The van der Waals surface area contributed by atoms with Gasteiger partial charge in [-0.15, -0.1) is 0 Å². The molecule has 1 aromatic carbocycles. The van der Waals surface area contributed by atoms with Crippen molar-refractivity contribution in [3.8, 4) is 0 Å². The minimum Gasteiger partial charge on any atom is -0.481 e. The number of fused-ring (bicyclic) bond motifs is 1. The molecule has 0 bridgehead atoms. The summed E-state index contributed by atoms with van der Waals surface area (Å²) in [6, 6.07) is 7.20. The molecule has 2 aliphatic heterocycles. The molecule has 2 aliphatic rings. The van der Waals surface area contributed by atoms with Crippen molar-refractivity contribution in [1.29, 1.82) is 0 Å². The lowest BCUT2D eigenvalue weighted by Crippen LogP contribution is -2.39. The first-order chi connectivity index (χ1) is 9.58. The molecule has 20 heavy (non-hydrogen) atoms. The average Bonchev–Trinajstić information content (AvgIpc) is 3.02. The Balaban J connectivity index is 1.88. The zero-order valence-corrected chi connectivity index (χ0v) is 11.3. The zero-order valence-electron chi connectivity index (χ0n) is 11.3. The van der Waals surface area contributed by atoms with Gasteiger partial charge >= 0.3 is 5.97 Å². The van der Waals surface area contributed by atoms with Gasteiger partial charge in [0, 0.05) is 12.2 Å². The molecule has 2 heterocycles. The molecule has 3 atom stereocenters. The van der Waals surface area contributed by atoms with Gasteiger partial charge in [-0.25, -0.2) is 0 Å². The van der Waals surface area contributed by atoms with Crippen LogP contribution < -0.4 is 4.90 Å². The third kappa shape index (κ3) is 2.08. The number of amides is 1. The monoisotopic (exact) mass is 275 g/mol. The first-order valence-electron chi connectivity index (χ1n) is 6.86. The summed E-state index contributed by atoms with van der Waals surface area (Å²) in [7, 11) is 0. The number of ether oxygens (including phenoxy) is 1. The van der Waals surface area contributed by atoms with Crippen LogP contribution in [0.5, 0.6) is 0 Å². The van der Waals surface area contributed by atoms with E-state index in [0.717, 1.165) is 6.42 Å². The van der Waals surface area contributed by atoms with Crippen LogP contribution in [0.3, 0.4) is 0 Å². The molecule has 0 spiro atoms. The number of para-hydroxylation sites is 1. The fraction of sp³-hybridized carbons (Fsp3) is 0.467. The van der Waals surface area contributed by atoms with Gasteiger partial charge in [0.1, 0.15) is 12.0 Å². The summed E-state index contributed by atoms with van der Waals surface area (Å²) in [6.07, 6.45) is 1.23. The molecule has 3 rings (SSSR count). The van der Waals surface area contributed by atoms with Crippen LogP contribution >= 0.6 is 0 Å². The third-order valence-electron chi connectivity index (χ3n) is 4.04. The van der Waals surface area contributed by atoms with Crippen LogP contribution in [-0.4, -0.2) is 35.7 Å². The molecule has 5 heteroatoms. The summed E-state index contributed by atoms with van der Waals surface area (Å²) in [6.45, 7) is 2.15. The molecule has 0 saturated carbocycles. The Morgan fingerprint density at radius 1 is 1.30 bits per heavy atom. The fourth-order valence-electron chi connectivity index (χ4n) is 2.99. The van der Waals surface area contributed by atoms with Crippen LogP contribution in [-0.2, 0) is 14.3 Å². The number of rotatable bonds is 2. The molecule has 5 nitrogen and oxygen atoms in total. The minimum atomic E-state index is -0.895. The van der Waals surface area contributed by atoms with Crippen LogP contribution in [0.15, 0.2) is 24.3 Å². The van der Waals surface area contributed by atoms with Crippen molar-refractivity contribution in [2.45, 2.75) is 37.9 Å². The molecule has 1 fully saturated rings. The summed E-state index contributed by atoms with van der Waals surface area (Å²) >= 11 is 0. The number of nitrogens with zero attached hydrogens (tertiary/aromatic N) is 1. The van der Waals surface area contributed by atoms with Gasteiger partial charge in [-0.05, 0) is 31.4 Å². The van der Waals surface area contributed by atoms with Crippen LogP contribution in [0.1, 0.15) is 31.2 Å². The summed E-state index contributed by atoms with van der Waals surface area (Å²) in [5.74, 6) is -1.66. The van der Waals surface area contributed by atoms with E-state index in [2.05, 4.69) is 0 Å². The topological polar surface area (TPSA) is 66.8 Å².